The van der Waals surface area contributed by atoms with E-state index < -0.39 is 23.9 Å². The molecule has 0 aliphatic heterocycles. The molecule has 3 N–H and O–H groups in total. The van der Waals surface area contributed by atoms with Crippen LogP contribution < -0.4 is 10.7 Å². The number of hydrogen-bond acceptors (Lipinski definition) is 4. The first-order valence-electron chi connectivity index (χ1n) is 8.14. The minimum Gasteiger partial charge on any atom is -0.480 e. The van der Waals surface area contributed by atoms with Gasteiger partial charge in [-0.1, -0.05) is 32.1 Å². The minimum absolute atomic E-state index is 0. The second-order valence-corrected chi connectivity index (χ2v) is 6.21. The number of carbonyl (C=O) groups excluding carboxylic acids is 1. The van der Waals surface area contributed by atoms with Crippen LogP contribution in [0.25, 0.3) is 5.65 Å². The van der Waals surface area contributed by atoms with Crippen LogP contribution in [0.15, 0.2) is 17.2 Å². The Labute approximate surface area is 150 Å². The van der Waals surface area contributed by atoms with Crippen molar-refractivity contribution in [3.05, 3.63) is 33.9 Å². The third kappa shape index (κ3) is 4.19. The van der Waals surface area contributed by atoms with Gasteiger partial charge in [0.2, 0.25) is 0 Å². The molecule has 8 nitrogen and oxygen atoms in total. The van der Waals surface area contributed by atoms with E-state index >= 15 is 0 Å². The molecule has 9 heteroatoms. The highest BCUT2D eigenvalue weighted by molar-refractivity contribution is 6.00. The summed E-state index contributed by atoms with van der Waals surface area (Å²) in [5, 5.41) is 13.8. The number of carboxylic acids is 1. The predicted octanol–water partition coefficient (Wildman–Crippen LogP) is 1.38. The Bertz CT molecular complexity index is 823. The summed E-state index contributed by atoms with van der Waals surface area (Å²) in [4.78, 5) is 39.2. The molecule has 2 aromatic rings. The minimum atomic E-state index is -1.17. The second-order valence-electron chi connectivity index (χ2n) is 6.21. The van der Waals surface area contributed by atoms with Crippen LogP contribution in [-0.2, 0) is 11.2 Å². The van der Waals surface area contributed by atoms with Gasteiger partial charge in [-0.15, -0.1) is 12.4 Å². The van der Waals surface area contributed by atoms with E-state index in [0.717, 1.165) is 25.0 Å². The van der Waals surface area contributed by atoms with Crippen LogP contribution >= 0.6 is 12.4 Å². The predicted molar refractivity (Wildman–Crippen MR) is 93.3 cm³/mol. The lowest BCUT2D eigenvalue weighted by Crippen LogP contribution is -2.33. The molecule has 0 bridgehead atoms. The van der Waals surface area contributed by atoms with Gasteiger partial charge in [-0.2, -0.15) is 0 Å². The van der Waals surface area contributed by atoms with Crippen LogP contribution in [0.4, 0.5) is 0 Å². The molecule has 2 aromatic heterocycles. The smallest absolute Gasteiger partial charge is 0.322 e. The first kappa shape index (κ1) is 19.0. The number of nitrogens with zero attached hydrogens (tertiary/aromatic N) is 2. The molecule has 0 saturated heterocycles. The van der Waals surface area contributed by atoms with Gasteiger partial charge < -0.3 is 10.4 Å². The first-order valence-corrected chi connectivity index (χ1v) is 8.14. The Kier molecular flexibility index (Phi) is 6.19. The quantitative estimate of drug-likeness (QED) is 0.737. The van der Waals surface area contributed by atoms with E-state index in [1.165, 1.54) is 31.7 Å². The lowest BCUT2D eigenvalue weighted by Gasteiger charge is -2.21. The largest absolute Gasteiger partial charge is 0.480 e. The van der Waals surface area contributed by atoms with E-state index in [1.807, 2.05) is 0 Å². The molecule has 0 radical (unpaired) electrons. The normalized spacial score (nSPS) is 14.9. The van der Waals surface area contributed by atoms with Gasteiger partial charge in [0.1, 0.15) is 18.4 Å². The Morgan fingerprint density at radius 1 is 1.32 bits per heavy atom. The number of H-pyrrole nitrogens is 1. The van der Waals surface area contributed by atoms with Crippen LogP contribution in [0.1, 0.15) is 48.2 Å². The van der Waals surface area contributed by atoms with Gasteiger partial charge in [0.25, 0.3) is 5.91 Å². The van der Waals surface area contributed by atoms with E-state index in [-0.39, 0.29) is 23.6 Å². The number of fused-ring (bicyclic) bond motifs is 1. The number of pyridine rings is 1. The highest BCUT2D eigenvalue weighted by atomic mass is 35.5. The van der Waals surface area contributed by atoms with Gasteiger partial charge >= 0.3 is 5.97 Å². The van der Waals surface area contributed by atoms with Gasteiger partial charge in [-0.05, 0) is 12.3 Å². The highest BCUT2D eigenvalue weighted by Crippen LogP contribution is 2.26. The number of aromatic amines is 1. The third-order valence-electron chi connectivity index (χ3n) is 4.49. The highest BCUT2D eigenvalue weighted by Gasteiger charge is 2.21. The zero-order valence-electron chi connectivity index (χ0n) is 13.7. The summed E-state index contributed by atoms with van der Waals surface area (Å²) in [6.45, 7) is -0.543. The molecule has 1 saturated carbocycles. The number of aliphatic carboxylic acids is 1. The average Bonchev–Trinajstić information content (AvgIpc) is 3.03. The number of aromatic nitrogens is 3. The number of rotatable bonds is 5. The summed E-state index contributed by atoms with van der Waals surface area (Å²) in [5.41, 5.74) is 0.464. The standard InChI is InChI=1S/C16H20N4O4.ClH/c21-12-7-11(6-10-4-2-1-3-5-10)20-15(18-9-19-20)14(12)16(24)17-8-13(22)23;/h7,9-10H,1-6,8H2,(H,17,24)(H,18,19)(H,22,23);1H. The number of halogens is 1. The molecule has 25 heavy (non-hydrogen) atoms. The van der Waals surface area contributed by atoms with Crippen LogP contribution in [0, 0.1) is 5.92 Å². The van der Waals surface area contributed by atoms with Gasteiger partial charge in [0, 0.05) is 11.8 Å². The Balaban J connectivity index is 0.00000225. The van der Waals surface area contributed by atoms with Crippen LogP contribution in [-0.4, -0.2) is 38.1 Å². The van der Waals surface area contributed by atoms with E-state index in [0.29, 0.717) is 5.92 Å². The fourth-order valence-electron chi connectivity index (χ4n) is 3.36. The zero-order chi connectivity index (χ0) is 17.1. The molecule has 1 fully saturated rings. The summed E-state index contributed by atoms with van der Waals surface area (Å²) < 4.78 is 1.64. The molecule has 0 unspecified atom stereocenters. The van der Waals surface area contributed by atoms with Crippen molar-refractivity contribution in [2.75, 3.05) is 6.54 Å². The molecular formula is C16H21ClN4O4. The Hall–Kier alpha value is -2.35. The number of amides is 1. The molecule has 2 heterocycles. The van der Waals surface area contributed by atoms with Crippen molar-refractivity contribution < 1.29 is 14.7 Å². The van der Waals surface area contributed by atoms with E-state index in [2.05, 4.69) is 15.4 Å². The summed E-state index contributed by atoms with van der Waals surface area (Å²) in [6.07, 6.45) is 8.15. The van der Waals surface area contributed by atoms with Crippen molar-refractivity contribution >= 4 is 29.9 Å². The molecule has 3 rings (SSSR count). The van der Waals surface area contributed by atoms with Crippen molar-refractivity contribution in [1.29, 1.82) is 0 Å². The summed E-state index contributed by atoms with van der Waals surface area (Å²) >= 11 is 0. The van der Waals surface area contributed by atoms with Gasteiger partial charge in [-0.25, -0.2) is 9.50 Å². The fraction of sp³-hybridized carbons (Fsp3) is 0.500. The second kappa shape index (κ2) is 8.15. The van der Waals surface area contributed by atoms with Crippen molar-refractivity contribution in [3.63, 3.8) is 0 Å². The third-order valence-corrected chi connectivity index (χ3v) is 4.49. The van der Waals surface area contributed by atoms with Crippen molar-refractivity contribution in [2.24, 2.45) is 5.92 Å². The maximum atomic E-state index is 12.4. The molecule has 136 valence electrons. The van der Waals surface area contributed by atoms with Gasteiger partial charge in [0.05, 0.1) is 0 Å². The average molecular weight is 369 g/mol. The molecule has 0 spiro atoms. The molecule has 1 amide bonds. The maximum absolute atomic E-state index is 12.4. The van der Waals surface area contributed by atoms with Crippen LogP contribution in [0.3, 0.4) is 0 Å². The summed E-state index contributed by atoms with van der Waals surface area (Å²) in [7, 11) is 0. The van der Waals surface area contributed by atoms with E-state index in [9.17, 15) is 14.4 Å². The lowest BCUT2D eigenvalue weighted by atomic mass is 9.86. The van der Waals surface area contributed by atoms with E-state index in [4.69, 9.17) is 5.11 Å². The number of hydrogen-bond donors (Lipinski definition) is 3. The van der Waals surface area contributed by atoms with Gasteiger partial charge in [0.15, 0.2) is 11.1 Å². The first-order chi connectivity index (χ1) is 11.6. The topological polar surface area (TPSA) is 117 Å². The number of carboxylic acid groups (broad SMARTS) is 1. The fourth-order valence-corrected chi connectivity index (χ4v) is 3.36. The molecule has 1 aliphatic carbocycles. The number of carbonyl (C=O) groups is 2. The monoisotopic (exact) mass is 368 g/mol. The summed E-state index contributed by atoms with van der Waals surface area (Å²) in [5.74, 6) is -1.37. The van der Waals surface area contributed by atoms with Gasteiger partial charge in [-0.3, -0.25) is 19.5 Å². The molecular weight excluding hydrogens is 348 g/mol. The summed E-state index contributed by atoms with van der Waals surface area (Å²) in [6, 6.07) is 1.45. The Morgan fingerprint density at radius 3 is 2.72 bits per heavy atom. The Morgan fingerprint density at radius 2 is 2.04 bits per heavy atom. The van der Waals surface area contributed by atoms with Crippen molar-refractivity contribution in [2.45, 2.75) is 38.5 Å². The maximum Gasteiger partial charge on any atom is 0.322 e. The number of nitrogens with one attached hydrogen (secondary N) is 2. The lowest BCUT2D eigenvalue weighted by molar-refractivity contribution is -0.135. The van der Waals surface area contributed by atoms with Crippen LogP contribution in [0.5, 0.6) is 0 Å². The SMILES string of the molecule is Cl.O=C(O)CNC(=O)c1c(=O)cc(CC2CCCCC2)n2[nH]cnc12. The van der Waals surface area contributed by atoms with Crippen molar-refractivity contribution in [1.82, 2.24) is 19.9 Å². The molecule has 0 aromatic carbocycles. The van der Waals surface area contributed by atoms with Crippen molar-refractivity contribution in [3.8, 4) is 0 Å². The molecule has 0 atom stereocenters. The van der Waals surface area contributed by atoms with Crippen LogP contribution in [0.2, 0.25) is 0 Å². The zero-order valence-corrected chi connectivity index (χ0v) is 14.5. The molecule has 1 aliphatic rings. The van der Waals surface area contributed by atoms with E-state index in [1.54, 1.807) is 4.52 Å².